The molecule has 0 saturated carbocycles. The van der Waals surface area contributed by atoms with Crippen LogP contribution >= 0.6 is 0 Å². The summed E-state index contributed by atoms with van der Waals surface area (Å²) in [7, 11) is 0. The first kappa shape index (κ1) is 15.7. The van der Waals surface area contributed by atoms with Crippen LogP contribution in [0, 0.1) is 0 Å². The molecule has 1 saturated heterocycles. The molecule has 0 unspecified atom stereocenters. The summed E-state index contributed by atoms with van der Waals surface area (Å²) in [6, 6.07) is 8.44. The van der Waals surface area contributed by atoms with Gasteiger partial charge in [-0.15, -0.1) is 0 Å². The molecule has 5 nitrogen and oxygen atoms in total. The third-order valence-electron chi connectivity index (χ3n) is 4.78. The van der Waals surface area contributed by atoms with E-state index in [-0.39, 0.29) is 24.0 Å². The van der Waals surface area contributed by atoms with Gasteiger partial charge in [-0.05, 0) is 36.5 Å². The maximum atomic E-state index is 12.2. The van der Waals surface area contributed by atoms with Crippen molar-refractivity contribution in [1.29, 1.82) is 0 Å². The van der Waals surface area contributed by atoms with Crippen molar-refractivity contribution in [2.24, 2.45) is 0 Å². The Morgan fingerprint density at radius 1 is 1.30 bits per heavy atom. The van der Waals surface area contributed by atoms with Gasteiger partial charge in [-0.3, -0.25) is 9.59 Å². The highest BCUT2D eigenvalue weighted by Gasteiger charge is 2.41. The Morgan fingerprint density at radius 2 is 2.04 bits per heavy atom. The second-order valence-corrected chi connectivity index (χ2v) is 6.05. The third-order valence-corrected chi connectivity index (χ3v) is 4.78. The molecule has 0 aromatic heterocycles. The number of ether oxygens (including phenoxy) is 1. The number of hydrogen-bond acceptors (Lipinski definition) is 3. The van der Waals surface area contributed by atoms with Crippen molar-refractivity contribution in [3.8, 4) is 0 Å². The average Bonchev–Trinajstić information content (AvgIpc) is 2.60. The molecule has 0 aliphatic carbocycles. The molecule has 1 aromatic rings. The van der Waals surface area contributed by atoms with Gasteiger partial charge in [0.15, 0.2) is 0 Å². The number of nitrogens with one attached hydrogen (secondary N) is 1. The molecule has 23 heavy (non-hydrogen) atoms. The highest BCUT2D eigenvalue weighted by atomic mass is 16.5. The van der Waals surface area contributed by atoms with E-state index in [0.717, 1.165) is 25.9 Å². The standard InChI is InChI=1S/C18H22N2O3/c1-2-16(21)19-13-17(22)20-10-8-18(9-11-20)15-6-4-3-5-14(15)7-12-23-18/h2-6H,1,7-13H2,(H,19,21). The first-order chi connectivity index (χ1) is 11.1. The molecule has 1 fully saturated rings. The van der Waals surface area contributed by atoms with Gasteiger partial charge in [0, 0.05) is 13.1 Å². The molecule has 0 bridgehead atoms. The summed E-state index contributed by atoms with van der Waals surface area (Å²) in [6.45, 7) is 5.44. The third kappa shape index (κ3) is 3.15. The van der Waals surface area contributed by atoms with E-state index in [1.165, 1.54) is 17.2 Å². The molecule has 122 valence electrons. The first-order valence-corrected chi connectivity index (χ1v) is 8.05. The van der Waals surface area contributed by atoms with Crippen molar-refractivity contribution in [1.82, 2.24) is 10.2 Å². The summed E-state index contributed by atoms with van der Waals surface area (Å²) >= 11 is 0. The molecular formula is C18H22N2O3. The van der Waals surface area contributed by atoms with Crippen molar-refractivity contribution in [3.05, 3.63) is 48.0 Å². The number of hydrogen-bond donors (Lipinski definition) is 1. The lowest BCUT2D eigenvalue weighted by Crippen LogP contribution is -2.50. The fraction of sp³-hybridized carbons (Fsp3) is 0.444. The smallest absolute Gasteiger partial charge is 0.243 e. The molecule has 3 rings (SSSR count). The van der Waals surface area contributed by atoms with Gasteiger partial charge in [0.25, 0.3) is 0 Å². The van der Waals surface area contributed by atoms with Gasteiger partial charge in [-0.1, -0.05) is 30.8 Å². The van der Waals surface area contributed by atoms with Crippen molar-refractivity contribution in [2.45, 2.75) is 24.9 Å². The highest BCUT2D eigenvalue weighted by Crippen LogP contribution is 2.41. The van der Waals surface area contributed by atoms with E-state index in [2.05, 4.69) is 36.2 Å². The summed E-state index contributed by atoms with van der Waals surface area (Å²) < 4.78 is 6.16. The van der Waals surface area contributed by atoms with E-state index in [4.69, 9.17) is 4.74 Å². The number of rotatable bonds is 3. The zero-order valence-corrected chi connectivity index (χ0v) is 13.2. The van der Waals surface area contributed by atoms with E-state index < -0.39 is 0 Å². The summed E-state index contributed by atoms with van der Waals surface area (Å²) in [5.74, 6) is -0.379. The molecule has 1 spiro atoms. The van der Waals surface area contributed by atoms with E-state index in [0.29, 0.717) is 13.1 Å². The number of piperidine rings is 1. The summed E-state index contributed by atoms with van der Waals surface area (Å²) in [5.41, 5.74) is 2.38. The Bertz CT molecular complexity index is 618. The van der Waals surface area contributed by atoms with Crippen LogP contribution in [0.5, 0.6) is 0 Å². The number of fused-ring (bicyclic) bond motifs is 2. The lowest BCUT2D eigenvalue weighted by Gasteiger charge is -2.45. The van der Waals surface area contributed by atoms with Crippen LogP contribution in [-0.2, 0) is 26.3 Å². The minimum Gasteiger partial charge on any atom is -0.370 e. The van der Waals surface area contributed by atoms with Crippen molar-refractivity contribution in [3.63, 3.8) is 0 Å². The Hall–Kier alpha value is -2.14. The van der Waals surface area contributed by atoms with Crippen LogP contribution in [0.15, 0.2) is 36.9 Å². The molecular weight excluding hydrogens is 292 g/mol. The van der Waals surface area contributed by atoms with Crippen LogP contribution in [0.4, 0.5) is 0 Å². The van der Waals surface area contributed by atoms with E-state index in [1.807, 2.05) is 0 Å². The Morgan fingerprint density at radius 3 is 2.78 bits per heavy atom. The monoisotopic (exact) mass is 314 g/mol. The number of amides is 2. The van der Waals surface area contributed by atoms with E-state index >= 15 is 0 Å². The van der Waals surface area contributed by atoms with Crippen LogP contribution < -0.4 is 5.32 Å². The quantitative estimate of drug-likeness (QED) is 0.858. The molecule has 0 radical (unpaired) electrons. The average molecular weight is 314 g/mol. The van der Waals surface area contributed by atoms with Crippen molar-refractivity contribution < 1.29 is 14.3 Å². The van der Waals surface area contributed by atoms with E-state index in [9.17, 15) is 9.59 Å². The van der Waals surface area contributed by atoms with Crippen LogP contribution in [0.3, 0.4) is 0 Å². The number of carbonyl (C=O) groups excluding carboxylic acids is 2. The number of benzene rings is 1. The fourth-order valence-electron chi connectivity index (χ4n) is 3.49. The van der Waals surface area contributed by atoms with Crippen LogP contribution in [-0.4, -0.2) is 43.0 Å². The number of nitrogens with zero attached hydrogens (tertiary/aromatic N) is 1. The lowest BCUT2D eigenvalue weighted by molar-refractivity contribution is -0.140. The molecule has 2 aliphatic rings. The van der Waals surface area contributed by atoms with Gasteiger partial charge in [0.2, 0.25) is 11.8 Å². The van der Waals surface area contributed by atoms with Crippen molar-refractivity contribution in [2.75, 3.05) is 26.2 Å². The van der Waals surface area contributed by atoms with Crippen molar-refractivity contribution >= 4 is 11.8 Å². The summed E-state index contributed by atoms with van der Waals surface area (Å²) in [5, 5.41) is 2.54. The highest BCUT2D eigenvalue weighted by molar-refractivity contribution is 5.90. The Balaban J connectivity index is 1.64. The van der Waals surface area contributed by atoms with Crippen LogP contribution in [0.25, 0.3) is 0 Å². The van der Waals surface area contributed by atoms with Gasteiger partial charge < -0.3 is 15.0 Å². The minimum absolute atomic E-state index is 0.0231. The predicted molar refractivity (Wildman–Crippen MR) is 86.8 cm³/mol. The normalized spacial score (nSPS) is 19.0. The van der Waals surface area contributed by atoms with Gasteiger partial charge in [-0.25, -0.2) is 0 Å². The largest absolute Gasteiger partial charge is 0.370 e. The lowest BCUT2D eigenvalue weighted by atomic mass is 9.79. The second-order valence-electron chi connectivity index (χ2n) is 6.05. The molecule has 1 aromatic carbocycles. The Labute approximate surface area is 136 Å². The maximum Gasteiger partial charge on any atom is 0.243 e. The minimum atomic E-state index is -0.323. The SMILES string of the molecule is C=CC(=O)NCC(=O)N1CCC2(CC1)OCCc1ccccc12. The van der Waals surface area contributed by atoms with Crippen LogP contribution in [0.1, 0.15) is 24.0 Å². The first-order valence-electron chi connectivity index (χ1n) is 8.05. The molecule has 5 heteroatoms. The molecule has 2 aliphatic heterocycles. The van der Waals surface area contributed by atoms with Crippen LogP contribution in [0.2, 0.25) is 0 Å². The fourth-order valence-corrected chi connectivity index (χ4v) is 3.49. The molecule has 2 heterocycles. The van der Waals surface area contributed by atoms with E-state index in [1.54, 1.807) is 4.90 Å². The Kier molecular flexibility index (Phi) is 4.48. The molecule has 2 amide bonds. The van der Waals surface area contributed by atoms with Gasteiger partial charge in [0.05, 0.1) is 18.8 Å². The van der Waals surface area contributed by atoms with Gasteiger partial charge in [-0.2, -0.15) is 0 Å². The summed E-state index contributed by atoms with van der Waals surface area (Å²) in [6.07, 6.45) is 3.72. The maximum absolute atomic E-state index is 12.2. The second kappa shape index (κ2) is 6.54. The number of likely N-dealkylation sites (tertiary alicyclic amines) is 1. The zero-order chi connectivity index (χ0) is 16.3. The summed E-state index contributed by atoms with van der Waals surface area (Å²) in [4.78, 5) is 25.1. The topological polar surface area (TPSA) is 58.6 Å². The van der Waals surface area contributed by atoms with Gasteiger partial charge >= 0.3 is 0 Å². The predicted octanol–water partition coefficient (Wildman–Crippen LogP) is 1.38. The molecule has 0 atom stereocenters. The molecule has 1 N–H and O–H groups in total. The van der Waals surface area contributed by atoms with Gasteiger partial charge in [0.1, 0.15) is 0 Å². The zero-order valence-electron chi connectivity index (χ0n) is 13.2. The number of carbonyl (C=O) groups is 2.